The van der Waals surface area contributed by atoms with Gasteiger partial charge in [0, 0.05) is 37.6 Å². The molecule has 2 aliphatic rings. The maximum atomic E-state index is 9.77. The molecule has 0 aliphatic carbocycles. The largest absolute Gasteiger partial charge is 0.508 e. The van der Waals surface area contributed by atoms with E-state index in [1.165, 1.54) is 33.6 Å². The first kappa shape index (κ1) is 18.9. The Kier molecular flexibility index (Phi) is 4.99. The number of benzene rings is 3. The van der Waals surface area contributed by atoms with E-state index in [9.17, 15) is 10.2 Å². The van der Waals surface area contributed by atoms with Crippen molar-refractivity contribution in [2.45, 2.75) is 38.8 Å². The topological polar surface area (TPSA) is 46.9 Å². The second-order valence-electron chi connectivity index (χ2n) is 8.49. The third kappa shape index (κ3) is 3.82. The number of anilines is 2. The van der Waals surface area contributed by atoms with Crippen LogP contribution >= 0.6 is 0 Å². The lowest BCUT2D eigenvalue weighted by Crippen LogP contribution is -2.29. The van der Waals surface area contributed by atoms with Crippen LogP contribution in [0.5, 0.6) is 11.5 Å². The molecule has 3 aromatic rings. The first-order valence-electron chi connectivity index (χ1n) is 10.9. The van der Waals surface area contributed by atoms with E-state index in [0.717, 1.165) is 51.9 Å². The highest BCUT2D eigenvalue weighted by Gasteiger charge is 2.19. The van der Waals surface area contributed by atoms with Crippen molar-refractivity contribution >= 4 is 11.4 Å². The van der Waals surface area contributed by atoms with Gasteiger partial charge in [-0.25, -0.2) is 0 Å². The average Bonchev–Trinajstić information content (AvgIpc) is 2.75. The molecule has 2 heterocycles. The summed E-state index contributed by atoms with van der Waals surface area (Å²) in [5, 5.41) is 19.5. The van der Waals surface area contributed by atoms with E-state index in [-0.39, 0.29) is 0 Å². The molecular weight excluding hydrogens is 372 g/mol. The summed E-state index contributed by atoms with van der Waals surface area (Å²) in [6, 6.07) is 20.4. The number of rotatable bonds is 4. The summed E-state index contributed by atoms with van der Waals surface area (Å²) in [4.78, 5) is 4.83. The third-order valence-corrected chi connectivity index (χ3v) is 6.33. The zero-order chi connectivity index (χ0) is 20.5. The van der Waals surface area contributed by atoms with Crippen LogP contribution in [0.3, 0.4) is 0 Å². The van der Waals surface area contributed by atoms with Crippen molar-refractivity contribution in [1.82, 2.24) is 0 Å². The van der Waals surface area contributed by atoms with E-state index in [2.05, 4.69) is 34.1 Å². The lowest BCUT2D eigenvalue weighted by Gasteiger charge is -2.32. The van der Waals surface area contributed by atoms with Crippen LogP contribution in [0.15, 0.2) is 60.7 Å². The predicted molar refractivity (Wildman–Crippen MR) is 121 cm³/mol. The van der Waals surface area contributed by atoms with Gasteiger partial charge in [-0.2, -0.15) is 0 Å². The van der Waals surface area contributed by atoms with E-state index >= 15 is 0 Å². The van der Waals surface area contributed by atoms with E-state index in [1.807, 2.05) is 24.3 Å². The van der Waals surface area contributed by atoms with Gasteiger partial charge in [0.05, 0.1) is 0 Å². The number of aromatic hydroxyl groups is 2. The van der Waals surface area contributed by atoms with Crippen LogP contribution in [-0.2, 0) is 25.9 Å². The molecule has 0 bridgehead atoms. The van der Waals surface area contributed by atoms with Crippen molar-refractivity contribution in [2.75, 3.05) is 22.9 Å². The number of hydrogen-bond donors (Lipinski definition) is 2. The summed E-state index contributed by atoms with van der Waals surface area (Å²) in [6.07, 6.45) is 4.32. The second kappa shape index (κ2) is 7.94. The number of aryl methyl sites for hydroxylation is 2. The Balaban J connectivity index is 1.29. The van der Waals surface area contributed by atoms with Crippen molar-refractivity contribution in [2.24, 2.45) is 0 Å². The van der Waals surface area contributed by atoms with Crippen molar-refractivity contribution < 1.29 is 10.2 Å². The smallest absolute Gasteiger partial charge is 0.116 e. The van der Waals surface area contributed by atoms with Gasteiger partial charge >= 0.3 is 0 Å². The normalized spacial score (nSPS) is 15.6. The molecule has 0 atom stereocenters. The number of nitrogens with zero attached hydrogens (tertiary/aromatic N) is 2. The van der Waals surface area contributed by atoms with Gasteiger partial charge in [-0.05, 0) is 84.3 Å². The minimum atomic E-state index is 0.356. The summed E-state index contributed by atoms with van der Waals surface area (Å²) in [5.74, 6) is 0.712. The van der Waals surface area contributed by atoms with Gasteiger partial charge in [-0.1, -0.05) is 24.3 Å². The molecular formula is C26H28N2O2. The Bertz CT molecular complexity index is 961. The van der Waals surface area contributed by atoms with Crippen molar-refractivity contribution in [3.8, 4) is 11.5 Å². The van der Waals surface area contributed by atoms with Crippen molar-refractivity contribution in [3.63, 3.8) is 0 Å². The van der Waals surface area contributed by atoms with E-state index in [1.54, 1.807) is 12.1 Å². The fourth-order valence-corrected chi connectivity index (χ4v) is 4.84. The molecule has 5 rings (SSSR count). The highest BCUT2D eigenvalue weighted by atomic mass is 16.3. The van der Waals surface area contributed by atoms with Gasteiger partial charge < -0.3 is 20.0 Å². The van der Waals surface area contributed by atoms with Gasteiger partial charge in [0.2, 0.25) is 0 Å². The summed E-state index contributed by atoms with van der Waals surface area (Å²) in [6.45, 7) is 3.89. The number of hydrogen-bond acceptors (Lipinski definition) is 4. The maximum Gasteiger partial charge on any atom is 0.116 e. The lowest BCUT2D eigenvalue weighted by molar-refractivity contribution is 0.473. The number of phenolic OH excluding ortho intramolecular Hbond substituents is 2. The van der Waals surface area contributed by atoms with Gasteiger partial charge in [0.1, 0.15) is 11.5 Å². The second-order valence-corrected chi connectivity index (χ2v) is 8.49. The first-order chi connectivity index (χ1) is 14.7. The molecule has 2 N–H and O–H groups in total. The maximum absolute atomic E-state index is 9.77. The van der Waals surface area contributed by atoms with Gasteiger partial charge in [-0.3, -0.25) is 0 Å². The fraction of sp³-hybridized carbons (Fsp3) is 0.308. The molecule has 154 valence electrons. The molecule has 0 unspecified atom stereocenters. The van der Waals surface area contributed by atoms with Crippen LogP contribution in [0.1, 0.15) is 35.1 Å². The van der Waals surface area contributed by atoms with Crippen LogP contribution < -0.4 is 9.80 Å². The Morgan fingerprint density at radius 1 is 0.600 bits per heavy atom. The van der Waals surface area contributed by atoms with Crippen LogP contribution in [0.4, 0.5) is 11.4 Å². The standard InChI is InChI=1S/C26H28N2O2/c29-23-9-11-25-21(15-23)3-1-13-27(25)17-19-5-7-20(8-6-19)18-28-14-2-4-22-16-24(30)10-12-26(22)28/h5-12,15-16,29-30H,1-4,13-14,17-18H2. The zero-order valence-corrected chi connectivity index (χ0v) is 17.2. The molecule has 3 aromatic carbocycles. The van der Waals surface area contributed by atoms with Crippen molar-refractivity contribution in [3.05, 3.63) is 82.9 Å². The highest BCUT2D eigenvalue weighted by molar-refractivity contribution is 5.59. The van der Waals surface area contributed by atoms with Crippen LogP contribution in [0.2, 0.25) is 0 Å². The van der Waals surface area contributed by atoms with Crippen LogP contribution in [0, 0.1) is 0 Å². The molecule has 4 heteroatoms. The van der Waals surface area contributed by atoms with Gasteiger partial charge in [-0.15, -0.1) is 0 Å². The molecule has 0 saturated heterocycles. The Morgan fingerprint density at radius 2 is 1.03 bits per heavy atom. The summed E-state index contributed by atoms with van der Waals surface area (Å²) in [5.41, 5.74) is 7.60. The monoisotopic (exact) mass is 400 g/mol. The van der Waals surface area contributed by atoms with Gasteiger partial charge in [0.15, 0.2) is 0 Å². The number of fused-ring (bicyclic) bond motifs is 2. The molecule has 4 nitrogen and oxygen atoms in total. The minimum absolute atomic E-state index is 0.356. The quantitative estimate of drug-likeness (QED) is 0.647. The minimum Gasteiger partial charge on any atom is -0.508 e. The third-order valence-electron chi connectivity index (χ3n) is 6.33. The zero-order valence-electron chi connectivity index (χ0n) is 17.2. The SMILES string of the molecule is Oc1ccc2c(c1)CCCN2Cc1ccc(CN2CCCc3cc(O)ccc32)cc1. The Labute approximate surface area is 178 Å². The molecule has 30 heavy (non-hydrogen) atoms. The molecule has 0 spiro atoms. The van der Waals surface area contributed by atoms with Crippen LogP contribution in [-0.4, -0.2) is 23.3 Å². The predicted octanol–water partition coefficient (Wildman–Crippen LogP) is 5.00. The number of phenols is 2. The summed E-state index contributed by atoms with van der Waals surface area (Å²) >= 11 is 0. The summed E-state index contributed by atoms with van der Waals surface area (Å²) < 4.78 is 0. The van der Waals surface area contributed by atoms with E-state index < -0.39 is 0 Å². The average molecular weight is 401 g/mol. The fourth-order valence-electron chi connectivity index (χ4n) is 4.84. The molecule has 2 aliphatic heterocycles. The lowest BCUT2D eigenvalue weighted by atomic mass is 9.99. The Hall–Kier alpha value is -3.14. The van der Waals surface area contributed by atoms with E-state index in [4.69, 9.17) is 0 Å². The van der Waals surface area contributed by atoms with Crippen molar-refractivity contribution in [1.29, 1.82) is 0 Å². The van der Waals surface area contributed by atoms with Gasteiger partial charge in [0.25, 0.3) is 0 Å². The first-order valence-corrected chi connectivity index (χ1v) is 10.9. The molecule has 0 saturated carbocycles. The van der Waals surface area contributed by atoms with E-state index in [0.29, 0.717) is 11.5 Å². The highest BCUT2D eigenvalue weighted by Crippen LogP contribution is 2.32. The molecule has 0 aromatic heterocycles. The molecule has 0 amide bonds. The Morgan fingerprint density at radius 3 is 1.47 bits per heavy atom. The molecule has 0 radical (unpaired) electrons. The van der Waals surface area contributed by atoms with Crippen LogP contribution in [0.25, 0.3) is 0 Å². The summed E-state index contributed by atoms with van der Waals surface area (Å²) in [7, 11) is 0. The molecule has 0 fully saturated rings.